The van der Waals surface area contributed by atoms with Gasteiger partial charge in [-0.3, -0.25) is 9.69 Å². The lowest BCUT2D eigenvalue weighted by atomic mass is 9.97. The van der Waals surface area contributed by atoms with E-state index in [1.807, 2.05) is 19.1 Å². The van der Waals surface area contributed by atoms with Crippen molar-refractivity contribution in [3.8, 4) is 17.0 Å². The van der Waals surface area contributed by atoms with E-state index in [0.29, 0.717) is 32.2 Å². The number of carbonyl (C=O) groups is 1. The SMILES string of the molecule is CCOC(=O)CN1CCc2nc(OCc3cccc(-c4ccccc4)c3C)ccc2C1. The Morgan fingerprint density at radius 3 is 2.71 bits per heavy atom. The van der Waals surface area contributed by atoms with Gasteiger partial charge in [0.1, 0.15) is 6.61 Å². The first-order valence-electron chi connectivity index (χ1n) is 10.8. The summed E-state index contributed by atoms with van der Waals surface area (Å²) in [7, 11) is 0. The highest BCUT2D eigenvalue weighted by atomic mass is 16.5. The quantitative estimate of drug-likeness (QED) is 0.529. The average molecular weight is 417 g/mol. The molecule has 0 saturated heterocycles. The lowest BCUT2D eigenvalue weighted by Gasteiger charge is -2.27. The summed E-state index contributed by atoms with van der Waals surface area (Å²) in [6.45, 7) is 6.68. The molecule has 0 N–H and O–H groups in total. The molecule has 0 spiro atoms. The van der Waals surface area contributed by atoms with Gasteiger partial charge < -0.3 is 9.47 Å². The van der Waals surface area contributed by atoms with Gasteiger partial charge in [-0.15, -0.1) is 0 Å². The predicted molar refractivity (Wildman–Crippen MR) is 121 cm³/mol. The first kappa shape index (κ1) is 21.1. The minimum atomic E-state index is -0.174. The predicted octanol–water partition coefficient (Wildman–Crippen LogP) is 4.56. The Morgan fingerprint density at radius 2 is 1.90 bits per heavy atom. The number of ether oxygens (including phenoxy) is 2. The average Bonchev–Trinajstić information content (AvgIpc) is 2.79. The van der Waals surface area contributed by atoms with Crippen LogP contribution in [0.3, 0.4) is 0 Å². The van der Waals surface area contributed by atoms with Crippen LogP contribution < -0.4 is 4.74 Å². The van der Waals surface area contributed by atoms with E-state index in [9.17, 15) is 4.79 Å². The van der Waals surface area contributed by atoms with Crippen LogP contribution in [0.4, 0.5) is 0 Å². The monoisotopic (exact) mass is 416 g/mol. The molecule has 31 heavy (non-hydrogen) atoms. The van der Waals surface area contributed by atoms with E-state index in [0.717, 1.165) is 29.8 Å². The zero-order chi connectivity index (χ0) is 21.6. The standard InChI is InChI=1S/C26H28N2O3/c1-3-30-26(29)17-28-15-14-24-21(16-28)12-13-25(27-24)31-18-22-10-7-11-23(19(22)2)20-8-5-4-6-9-20/h4-13H,3,14-18H2,1-2H3. The van der Waals surface area contributed by atoms with Crippen molar-refractivity contribution >= 4 is 5.97 Å². The fourth-order valence-corrected chi connectivity index (χ4v) is 3.98. The second kappa shape index (κ2) is 9.75. The van der Waals surface area contributed by atoms with Crippen LogP contribution in [0, 0.1) is 6.92 Å². The second-order valence-corrected chi connectivity index (χ2v) is 7.77. The summed E-state index contributed by atoms with van der Waals surface area (Å²) in [5.74, 6) is 0.467. The first-order chi connectivity index (χ1) is 15.1. The molecular formula is C26H28N2O3. The molecule has 1 aliphatic heterocycles. The van der Waals surface area contributed by atoms with Crippen LogP contribution >= 0.6 is 0 Å². The van der Waals surface area contributed by atoms with Gasteiger partial charge in [0.15, 0.2) is 0 Å². The topological polar surface area (TPSA) is 51.7 Å². The lowest BCUT2D eigenvalue weighted by molar-refractivity contribution is -0.144. The Hall–Kier alpha value is -3.18. The number of hydrogen-bond donors (Lipinski definition) is 0. The van der Waals surface area contributed by atoms with Gasteiger partial charge in [0.2, 0.25) is 5.88 Å². The highest BCUT2D eigenvalue weighted by Gasteiger charge is 2.20. The third-order valence-electron chi connectivity index (χ3n) is 5.67. The van der Waals surface area contributed by atoms with Crippen LogP contribution in [0.25, 0.3) is 11.1 Å². The Morgan fingerprint density at radius 1 is 1.06 bits per heavy atom. The Labute approximate surface area is 183 Å². The van der Waals surface area contributed by atoms with Crippen molar-refractivity contribution in [3.05, 3.63) is 83.0 Å². The molecule has 3 aromatic rings. The number of carbonyl (C=O) groups excluding carboxylic acids is 1. The summed E-state index contributed by atoms with van der Waals surface area (Å²) in [5.41, 5.74) is 7.00. The van der Waals surface area contributed by atoms with Crippen molar-refractivity contribution in [3.63, 3.8) is 0 Å². The van der Waals surface area contributed by atoms with E-state index in [1.54, 1.807) is 0 Å². The zero-order valence-corrected chi connectivity index (χ0v) is 18.1. The number of fused-ring (bicyclic) bond motifs is 1. The van der Waals surface area contributed by atoms with Crippen molar-refractivity contribution in [1.82, 2.24) is 9.88 Å². The van der Waals surface area contributed by atoms with E-state index in [1.165, 1.54) is 16.7 Å². The van der Waals surface area contributed by atoms with Crippen LogP contribution in [0.2, 0.25) is 0 Å². The molecule has 2 heterocycles. The molecule has 1 aromatic heterocycles. The van der Waals surface area contributed by atoms with Gasteiger partial charge in [-0.1, -0.05) is 54.6 Å². The summed E-state index contributed by atoms with van der Waals surface area (Å²) in [4.78, 5) is 18.6. The largest absolute Gasteiger partial charge is 0.473 e. The Bertz CT molecular complexity index is 1050. The fourth-order valence-electron chi connectivity index (χ4n) is 3.98. The normalized spacial score (nSPS) is 13.5. The second-order valence-electron chi connectivity index (χ2n) is 7.77. The van der Waals surface area contributed by atoms with Crippen LogP contribution in [-0.2, 0) is 29.1 Å². The fraction of sp³-hybridized carbons (Fsp3) is 0.308. The zero-order valence-electron chi connectivity index (χ0n) is 18.1. The molecule has 2 aromatic carbocycles. The maximum absolute atomic E-state index is 11.7. The van der Waals surface area contributed by atoms with E-state index >= 15 is 0 Å². The van der Waals surface area contributed by atoms with Gasteiger partial charge in [0, 0.05) is 25.6 Å². The van der Waals surface area contributed by atoms with Crippen molar-refractivity contribution in [2.24, 2.45) is 0 Å². The number of nitrogens with zero attached hydrogens (tertiary/aromatic N) is 2. The highest BCUT2D eigenvalue weighted by molar-refractivity contribution is 5.71. The molecule has 1 aliphatic rings. The van der Waals surface area contributed by atoms with E-state index < -0.39 is 0 Å². The summed E-state index contributed by atoms with van der Waals surface area (Å²) < 4.78 is 11.1. The third-order valence-corrected chi connectivity index (χ3v) is 5.67. The number of esters is 1. The molecule has 0 bridgehead atoms. The maximum Gasteiger partial charge on any atom is 0.320 e. The highest BCUT2D eigenvalue weighted by Crippen LogP contribution is 2.27. The summed E-state index contributed by atoms with van der Waals surface area (Å²) >= 11 is 0. The van der Waals surface area contributed by atoms with Crippen LogP contribution in [0.1, 0.15) is 29.3 Å². The van der Waals surface area contributed by atoms with Gasteiger partial charge >= 0.3 is 5.97 Å². The number of pyridine rings is 1. The van der Waals surface area contributed by atoms with Gasteiger partial charge in [-0.2, -0.15) is 0 Å². The summed E-state index contributed by atoms with van der Waals surface area (Å²) in [6.07, 6.45) is 0.800. The van der Waals surface area contributed by atoms with E-state index in [-0.39, 0.29) is 5.97 Å². The Balaban J connectivity index is 1.41. The number of rotatable bonds is 7. The van der Waals surface area contributed by atoms with Gasteiger partial charge in [0.25, 0.3) is 0 Å². The molecule has 0 atom stereocenters. The summed E-state index contributed by atoms with van der Waals surface area (Å²) in [5, 5.41) is 0. The molecular weight excluding hydrogens is 388 g/mol. The summed E-state index contributed by atoms with van der Waals surface area (Å²) in [6, 6.07) is 20.7. The minimum absolute atomic E-state index is 0.174. The molecule has 0 radical (unpaired) electrons. The molecule has 4 rings (SSSR count). The maximum atomic E-state index is 11.7. The molecule has 5 nitrogen and oxygen atoms in total. The smallest absolute Gasteiger partial charge is 0.320 e. The number of aromatic nitrogens is 1. The molecule has 0 aliphatic carbocycles. The Kier molecular flexibility index (Phi) is 6.63. The molecule has 0 fully saturated rings. The molecule has 160 valence electrons. The number of hydrogen-bond acceptors (Lipinski definition) is 5. The third kappa shape index (κ3) is 5.12. The van der Waals surface area contributed by atoms with Crippen molar-refractivity contribution < 1.29 is 14.3 Å². The van der Waals surface area contributed by atoms with Crippen molar-refractivity contribution in [2.45, 2.75) is 33.4 Å². The van der Waals surface area contributed by atoms with Gasteiger partial charge in [-0.25, -0.2) is 4.98 Å². The van der Waals surface area contributed by atoms with Gasteiger partial charge in [0.05, 0.1) is 18.8 Å². The van der Waals surface area contributed by atoms with E-state index in [4.69, 9.17) is 14.5 Å². The van der Waals surface area contributed by atoms with Crippen LogP contribution in [0.15, 0.2) is 60.7 Å². The molecule has 0 amide bonds. The lowest BCUT2D eigenvalue weighted by Crippen LogP contribution is -2.36. The van der Waals surface area contributed by atoms with Crippen molar-refractivity contribution in [2.75, 3.05) is 19.7 Å². The molecule has 5 heteroatoms. The van der Waals surface area contributed by atoms with Crippen molar-refractivity contribution in [1.29, 1.82) is 0 Å². The van der Waals surface area contributed by atoms with Crippen LogP contribution in [-0.4, -0.2) is 35.5 Å². The molecule has 0 saturated carbocycles. The molecule has 0 unspecified atom stereocenters. The number of benzene rings is 2. The van der Waals surface area contributed by atoms with Gasteiger partial charge in [-0.05, 0) is 41.7 Å². The van der Waals surface area contributed by atoms with E-state index in [2.05, 4.69) is 60.4 Å². The first-order valence-corrected chi connectivity index (χ1v) is 10.8. The van der Waals surface area contributed by atoms with Crippen LogP contribution in [0.5, 0.6) is 5.88 Å². The minimum Gasteiger partial charge on any atom is -0.473 e.